The van der Waals surface area contributed by atoms with Crippen molar-refractivity contribution in [2.45, 2.75) is 59.5 Å². The second-order valence-electron chi connectivity index (χ2n) is 7.97. The average Bonchev–Trinajstić information content (AvgIpc) is 3.01. The quantitative estimate of drug-likeness (QED) is 0.738. The highest BCUT2D eigenvalue weighted by molar-refractivity contribution is 7.11. The molecule has 1 spiro atoms. The van der Waals surface area contributed by atoms with Gasteiger partial charge in [-0.15, -0.1) is 11.3 Å². The molecular weight excluding hydrogens is 364 g/mol. The molecule has 7 nitrogen and oxygen atoms in total. The lowest BCUT2D eigenvalue weighted by atomic mass is 9.85. The van der Waals surface area contributed by atoms with Crippen molar-refractivity contribution in [1.82, 2.24) is 19.7 Å². The van der Waals surface area contributed by atoms with Crippen molar-refractivity contribution in [1.29, 1.82) is 0 Å². The summed E-state index contributed by atoms with van der Waals surface area (Å²) >= 11 is 1.53. The molecule has 8 heteroatoms. The predicted molar refractivity (Wildman–Crippen MR) is 103 cm³/mol. The van der Waals surface area contributed by atoms with Gasteiger partial charge in [-0.3, -0.25) is 14.5 Å². The van der Waals surface area contributed by atoms with Crippen molar-refractivity contribution in [3.63, 3.8) is 0 Å². The summed E-state index contributed by atoms with van der Waals surface area (Å²) in [6.07, 6.45) is 0.993. The van der Waals surface area contributed by atoms with Crippen molar-refractivity contribution in [2.24, 2.45) is 5.92 Å². The van der Waals surface area contributed by atoms with Gasteiger partial charge in [-0.25, -0.2) is 9.78 Å². The molecule has 4 amide bonds. The molecule has 2 fully saturated rings. The Morgan fingerprint density at radius 3 is 2.33 bits per heavy atom. The van der Waals surface area contributed by atoms with Crippen LogP contribution in [0.1, 0.15) is 49.2 Å². The maximum Gasteiger partial charge on any atom is 0.328 e. The number of hydrogen-bond acceptors (Lipinski definition) is 5. The normalized spacial score (nSPS) is 19.7. The molecule has 1 aromatic rings. The molecule has 2 aliphatic heterocycles. The van der Waals surface area contributed by atoms with Crippen LogP contribution in [-0.4, -0.2) is 62.7 Å². The maximum absolute atomic E-state index is 13.4. The number of imide groups is 1. The van der Waals surface area contributed by atoms with Gasteiger partial charge < -0.3 is 9.80 Å². The highest BCUT2D eigenvalue weighted by Gasteiger charge is 2.58. The molecule has 1 aromatic heterocycles. The first-order valence-corrected chi connectivity index (χ1v) is 10.3. The number of urea groups is 1. The summed E-state index contributed by atoms with van der Waals surface area (Å²) in [6.45, 7) is 11.4. The van der Waals surface area contributed by atoms with Crippen molar-refractivity contribution < 1.29 is 14.4 Å². The molecular formula is C19H28N4O3S. The van der Waals surface area contributed by atoms with Crippen molar-refractivity contribution in [2.75, 3.05) is 19.6 Å². The van der Waals surface area contributed by atoms with Gasteiger partial charge in [0, 0.05) is 31.4 Å². The molecule has 2 saturated heterocycles. The number of aryl methyl sites for hydroxylation is 2. The van der Waals surface area contributed by atoms with Gasteiger partial charge in [-0.05, 0) is 32.6 Å². The Balaban J connectivity index is 1.88. The fourth-order valence-electron chi connectivity index (χ4n) is 3.96. The third-order valence-electron chi connectivity index (χ3n) is 5.57. The Hall–Kier alpha value is -1.96. The minimum atomic E-state index is -0.825. The van der Waals surface area contributed by atoms with E-state index >= 15 is 0 Å². The van der Waals surface area contributed by atoms with Gasteiger partial charge in [0.25, 0.3) is 5.91 Å². The van der Waals surface area contributed by atoms with Crippen LogP contribution in [0.15, 0.2) is 0 Å². The van der Waals surface area contributed by atoms with E-state index in [0.29, 0.717) is 32.5 Å². The standard InChI is InChI=1S/C19H28N4O3S/c1-12(2)10-23-18(26)22(11-16-20-13(3)14(4)27-16)17(25)19(23)6-8-21(9-7-19)15(5)24/h12H,6-11H2,1-5H3. The van der Waals surface area contributed by atoms with E-state index in [1.54, 1.807) is 16.7 Å². The zero-order valence-corrected chi connectivity index (χ0v) is 17.6. The number of thiazole rings is 1. The second kappa shape index (κ2) is 7.22. The Labute approximate surface area is 164 Å². The van der Waals surface area contributed by atoms with E-state index in [0.717, 1.165) is 15.6 Å². The van der Waals surface area contributed by atoms with Gasteiger partial charge in [0.05, 0.1) is 12.2 Å². The van der Waals surface area contributed by atoms with Crippen LogP contribution in [0.5, 0.6) is 0 Å². The summed E-state index contributed by atoms with van der Waals surface area (Å²) in [6, 6.07) is -0.226. The number of likely N-dealkylation sites (tertiary alicyclic amines) is 1. The number of carbonyl (C=O) groups is 3. The van der Waals surface area contributed by atoms with Gasteiger partial charge in [-0.1, -0.05) is 13.8 Å². The second-order valence-corrected chi connectivity index (χ2v) is 9.25. The number of carbonyl (C=O) groups excluding carboxylic acids is 3. The molecule has 3 heterocycles. The first kappa shape index (κ1) is 19.8. The third-order valence-corrected chi connectivity index (χ3v) is 6.63. The Morgan fingerprint density at radius 1 is 1.22 bits per heavy atom. The number of rotatable bonds is 4. The molecule has 27 heavy (non-hydrogen) atoms. The molecule has 0 N–H and O–H groups in total. The van der Waals surface area contributed by atoms with Crippen LogP contribution in [0, 0.1) is 19.8 Å². The highest BCUT2D eigenvalue weighted by Crippen LogP contribution is 2.38. The summed E-state index contributed by atoms with van der Waals surface area (Å²) in [7, 11) is 0. The Kier molecular flexibility index (Phi) is 5.29. The number of hydrogen-bond donors (Lipinski definition) is 0. The van der Waals surface area contributed by atoms with Crippen LogP contribution in [0.2, 0.25) is 0 Å². The molecule has 0 saturated carbocycles. The number of nitrogens with zero attached hydrogens (tertiary/aromatic N) is 4. The van der Waals surface area contributed by atoms with Crippen molar-refractivity contribution in [3.05, 3.63) is 15.6 Å². The summed E-state index contributed by atoms with van der Waals surface area (Å²) < 4.78 is 0. The van der Waals surface area contributed by atoms with Crippen LogP contribution in [0.25, 0.3) is 0 Å². The molecule has 0 atom stereocenters. The van der Waals surface area contributed by atoms with E-state index in [9.17, 15) is 14.4 Å². The van der Waals surface area contributed by atoms with E-state index in [1.807, 2.05) is 27.7 Å². The fourth-order valence-corrected chi connectivity index (χ4v) is 4.88. The van der Waals surface area contributed by atoms with Gasteiger partial charge in [0.1, 0.15) is 10.5 Å². The zero-order chi connectivity index (χ0) is 19.9. The highest BCUT2D eigenvalue weighted by atomic mass is 32.1. The molecule has 3 rings (SSSR count). The molecule has 2 aliphatic rings. The summed E-state index contributed by atoms with van der Waals surface area (Å²) in [5.74, 6) is 0.137. The summed E-state index contributed by atoms with van der Waals surface area (Å²) in [5, 5.41) is 0.786. The van der Waals surface area contributed by atoms with E-state index in [1.165, 1.54) is 16.2 Å². The largest absolute Gasteiger partial charge is 0.343 e. The van der Waals surface area contributed by atoms with Crippen LogP contribution in [0.3, 0.4) is 0 Å². The van der Waals surface area contributed by atoms with E-state index in [-0.39, 0.29) is 30.3 Å². The molecule has 148 valence electrons. The zero-order valence-electron chi connectivity index (χ0n) is 16.7. The topological polar surface area (TPSA) is 73.8 Å². The first-order valence-electron chi connectivity index (χ1n) is 9.47. The minimum absolute atomic E-state index is 0.0163. The van der Waals surface area contributed by atoms with Gasteiger partial charge in [0.15, 0.2) is 0 Å². The third kappa shape index (κ3) is 3.47. The molecule has 0 aromatic carbocycles. The molecule has 0 unspecified atom stereocenters. The Morgan fingerprint density at radius 2 is 1.85 bits per heavy atom. The molecule has 0 aliphatic carbocycles. The first-order chi connectivity index (χ1) is 12.7. The summed E-state index contributed by atoms with van der Waals surface area (Å²) in [5.41, 5.74) is 0.117. The lowest BCUT2D eigenvalue weighted by Gasteiger charge is -2.42. The smallest absolute Gasteiger partial charge is 0.328 e. The van der Waals surface area contributed by atoms with E-state index in [4.69, 9.17) is 0 Å². The van der Waals surface area contributed by atoms with Crippen LogP contribution in [0.4, 0.5) is 4.79 Å². The lowest BCUT2D eigenvalue weighted by molar-refractivity contribution is -0.140. The SMILES string of the molecule is CC(=O)N1CCC2(CC1)C(=O)N(Cc1nc(C)c(C)s1)C(=O)N2CC(C)C. The maximum atomic E-state index is 13.4. The fraction of sp³-hybridized carbons (Fsp3) is 0.684. The summed E-state index contributed by atoms with van der Waals surface area (Å²) in [4.78, 5) is 48.7. The number of aromatic nitrogens is 1. The Bertz CT molecular complexity index is 746. The number of amides is 4. The lowest BCUT2D eigenvalue weighted by Crippen LogP contribution is -2.57. The van der Waals surface area contributed by atoms with E-state index in [2.05, 4.69) is 4.98 Å². The van der Waals surface area contributed by atoms with Gasteiger partial charge in [0.2, 0.25) is 5.91 Å². The molecule has 0 bridgehead atoms. The van der Waals surface area contributed by atoms with Crippen LogP contribution in [-0.2, 0) is 16.1 Å². The van der Waals surface area contributed by atoms with Gasteiger partial charge in [-0.2, -0.15) is 0 Å². The minimum Gasteiger partial charge on any atom is -0.343 e. The van der Waals surface area contributed by atoms with Gasteiger partial charge >= 0.3 is 6.03 Å². The van der Waals surface area contributed by atoms with Crippen molar-refractivity contribution in [3.8, 4) is 0 Å². The predicted octanol–water partition coefficient (Wildman–Crippen LogP) is 2.56. The van der Waals surface area contributed by atoms with E-state index < -0.39 is 5.54 Å². The van der Waals surface area contributed by atoms with Crippen LogP contribution < -0.4 is 0 Å². The van der Waals surface area contributed by atoms with Crippen molar-refractivity contribution >= 4 is 29.2 Å². The number of piperidine rings is 1. The van der Waals surface area contributed by atoms with Crippen LogP contribution >= 0.6 is 11.3 Å². The average molecular weight is 393 g/mol. The molecule has 0 radical (unpaired) electrons. The monoisotopic (exact) mass is 392 g/mol.